The highest BCUT2D eigenvalue weighted by Crippen LogP contribution is 2.35. The van der Waals surface area contributed by atoms with Crippen LogP contribution in [-0.2, 0) is 0 Å². The largest absolute Gasteiger partial charge is 0.384 e. The third-order valence-electron chi connectivity index (χ3n) is 4.11. The number of nitrogens with one attached hydrogen (secondary N) is 2. The lowest BCUT2D eigenvalue weighted by molar-refractivity contribution is 0.739. The van der Waals surface area contributed by atoms with Gasteiger partial charge in [0.15, 0.2) is 5.11 Å². The number of hydrogen-bond donors (Lipinski definition) is 3. The van der Waals surface area contributed by atoms with E-state index in [4.69, 9.17) is 30.2 Å². The summed E-state index contributed by atoms with van der Waals surface area (Å²) in [6.07, 6.45) is 0. The maximum Gasteiger partial charge on any atom is 0.207 e. The van der Waals surface area contributed by atoms with Crippen molar-refractivity contribution in [2.24, 2.45) is 0 Å². The molecule has 2 aromatic carbocycles. The maximum absolute atomic E-state index is 6.54. The van der Waals surface area contributed by atoms with Gasteiger partial charge in [0.05, 0.1) is 11.6 Å². The van der Waals surface area contributed by atoms with Gasteiger partial charge < -0.3 is 16.4 Å². The van der Waals surface area contributed by atoms with E-state index in [1.54, 1.807) is 4.57 Å². The molecule has 4 rings (SSSR count). The Morgan fingerprint density at radius 2 is 1.60 bits per heavy atom. The fraction of sp³-hybridized carbons (Fsp3) is 0.0556. The predicted molar refractivity (Wildman–Crippen MR) is 106 cm³/mol. The average Bonchev–Trinajstić information content (AvgIpc) is 2.62. The van der Waals surface area contributed by atoms with E-state index in [0.717, 1.165) is 16.8 Å². The van der Waals surface area contributed by atoms with Crippen molar-refractivity contribution in [3.8, 4) is 5.69 Å². The smallest absolute Gasteiger partial charge is 0.207 e. The molecule has 3 aromatic rings. The Labute approximate surface area is 155 Å². The minimum absolute atomic E-state index is 0.192. The molecule has 25 heavy (non-hydrogen) atoms. The van der Waals surface area contributed by atoms with Crippen LogP contribution in [0.25, 0.3) is 5.69 Å². The lowest BCUT2D eigenvalue weighted by Crippen LogP contribution is -2.39. The fourth-order valence-electron chi connectivity index (χ4n) is 3.00. The molecule has 1 aliphatic heterocycles. The summed E-state index contributed by atoms with van der Waals surface area (Å²) in [6.45, 7) is 0. The van der Waals surface area contributed by atoms with E-state index in [0.29, 0.717) is 21.5 Å². The van der Waals surface area contributed by atoms with Crippen molar-refractivity contribution < 1.29 is 0 Å². The van der Waals surface area contributed by atoms with Crippen molar-refractivity contribution in [2.75, 3.05) is 11.1 Å². The van der Waals surface area contributed by atoms with E-state index in [9.17, 15) is 0 Å². The van der Waals surface area contributed by atoms with Crippen LogP contribution in [-0.4, -0.2) is 14.7 Å². The number of nitrogens with zero attached hydrogens (tertiary/aromatic N) is 2. The van der Waals surface area contributed by atoms with Gasteiger partial charge in [-0.05, 0) is 42.1 Å². The van der Waals surface area contributed by atoms with Crippen LogP contribution < -0.4 is 16.4 Å². The van der Waals surface area contributed by atoms with E-state index in [1.807, 2.05) is 60.7 Å². The third-order valence-corrected chi connectivity index (χ3v) is 4.61. The number of nitrogen functional groups attached to an aromatic ring is 1. The van der Waals surface area contributed by atoms with Crippen molar-refractivity contribution in [1.82, 2.24) is 14.9 Å². The number of aromatic nitrogens is 2. The van der Waals surface area contributed by atoms with Gasteiger partial charge in [0.1, 0.15) is 11.6 Å². The monoisotopic (exact) mass is 365 g/mol. The second-order valence-corrected chi connectivity index (χ2v) is 6.43. The number of nitrogens with two attached hydrogens (primary N) is 1. The molecule has 0 fully saturated rings. The number of para-hydroxylation sites is 1. The molecule has 4 N–H and O–H groups in total. The van der Waals surface area contributed by atoms with Gasteiger partial charge in [-0.1, -0.05) is 48.5 Å². The molecule has 0 amide bonds. The second-order valence-electron chi connectivity index (χ2n) is 5.66. The topological polar surface area (TPSA) is 67.9 Å². The van der Waals surface area contributed by atoms with E-state index >= 15 is 0 Å². The zero-order valence-electron chi connectivity index (χ0n) is 13.1. The van der Waals surface area contributed by atoms with Gasteiger partial charge in [-0.25, -0.2) is 4.98 Å². The molecule has 0 spiro atoms. The molecule has 0 aliphatic carbocycles. The molecule has 1 unspecified atom stereocenters. The lowest BCUT2D eigenvalue weighted by atomic mass is 9.98. The first kappa shape index (κ1) is 15.7. The van der Waals surface area contributed by atoms with E-state index in [1.165, 1.54) is 0 Å². The van der Waals surface area contributed by atoms with Gasteiger partial charge >= 0.3 is 0 Å². The fourth-order valence-corrected chi connectivity index (χ4v) is 3.51. The van der Waals surface area contributed by atoms with Crippen LogP contribution in [0.2, 0.25) is 0 Å². The first-order valence-electron chi connectivity index (χ1n) is 7.75. The van der Waals surface area contributed by atoms with Gasteiger partial charge in [0, 0.05) is 5.69 Å². The van der Waals surface area contributed by atoms with Gasteiger partial charge in [-0.2, -0.15) is 0 Å². The summed E-state index contributed by atoms with van der Waals surface area (Å²) in [6, 6.07) is 19.5. The summed E-state index contributed by atoms with van der Waals surface area (Å²) in [4.78, 5) is 4.54. The van der Waals surface area contributed by atoms with Crippen molar-refractivity contribution in [3.05, 3.63) is 76.6 Å². The maximum atomic E-state index is 6.54. The van der Waals surface area contributed by atoms with Crippen molar-refractivity contribution in [1.29, 1.82) is 0 Å². The third kappa shape index (κ3) is 2.77. The Hall–Kier alpha value is -2.77. The predicted octanol–water partition coefficient (Wildman–Crippen LogP) is 3.57. The van der Waals surface area contributed by atoms with Crippen LogP contribution in [0.1, 0.15) is 17.2 Å². The van der Waals surface area contributed by atoms with E-state index in [-0.39, 0.29) is 6.04 Å². The van der Waals surface area contributed by atoms with Crippen LogP contribution in [0.3, 0.4) is 0 Å². The van der Waals surface area contributed by atoms with Gasteiger partial charge in [0.25, 0.3) is 0 Å². The Kier molecular flexibility index (Phi) is 3.95. The summed E-state index contributed by atoms with van der Waals surface area (Å²) in [5, 5.41) is 6.85. The van der Waals surface area contributed by atoms with Gasteiger partial charge in [-0.3, -0.25) is 4.57 Å². The summed E-state index contributed by atoms with van der Waals surface area (Å²) in [5.41, 5.74) is 9.30. The molecule has 0 radical (unpaired) electrons. The quantitative estimate of drug-likeness (QED) is 0.603. The molecule has 0 bridgehead atoms. The SMILES string of the molecule is Nc1c2c(nc(=S)n1-c1ccccc1)NC(=S)NC2c1ccccc1. The Morgan fingerprint density at radius 3 is 2.28 bits per heavy atom. The Balaban J connectivity index is 1.97. The molecule has 124 valence electrons. The van der Waals surface area contributed by atoms with Crippen molar-refractivity contribution in [2.45, 2.75) is 6.04 Å². The lowest BCUT2D eigenvalue weighted by Gasteiger charge is -2.31. The van der Waals surface area contributed by atoms with Crippen molar-refractivity contribution >= 4 is 41.2 Å². The van der Waals surface area contributed by atoms with Crippen LogP contribution >= 0.6 is 24.4 Å². The molecule has 1 aromatic heterocycles. The first-order chi connectivity index (χ1) is 12.1. The summed E-state index contributed by atoms with van der Waals surface area (Å²) in [7, 11) is 0. The Morgan fingerprint density at radius 1 is 0.960 bits per heavy atom. The molecule has 0 saturated carbocycles. The van der Waals surface area contributed by atoms with Crippen LogP contribution in [0.15, 0.2) is 60.7 Å². The van der Waals surface area contributed by atoms with Crippen LogP contribution in [0.5, 0.6) is 0 Å². The molecule has 2 heterocycles. The molecule has 1 atom stereocenters. The number of anilines is 2. The highest BCUT2D eigenvalue weighted by atomic mass is 32.1. The first-order valence-corrected chi connectivity index (χ1v) is 8.57. The summed E-state index contributed by atoms with van der Waals surface area (Å²) < 4.78 is 2.16. The van der Waals surface area contributed by atoms with E-state index < -0.39 is 0 Å². The zero-order chi connectivity index (χ0) is 17.4. The molecule has 7 heteroatoms. The van der Waals surface area contributed by atoms with Crippen LogP contribution in [0.4, 0.5) is 11.6 Å². The minimum Gasteiger partial charge on any atom is -0.384 e. The average molecular weight is 365 g/mol. The Bertz CT molecular complexity index is 999. The number of hydrogen-bond acceptors (Lipinski definition) is 4. The summed E-state index contributed by atoms with van der Waals surface area (Å²) in [5.74, 6) is 1.14. The molecule has 1 aliphatic rings. The standard InChI is InChI=1S/C18H15N5S2/c19-15-13-14(11-7-3-1-4-8-11)20-17(24)21-16(13)22-18(25)23(15)12-9-5-2-6-10-12/h1-10,14H,19H2,(H2,20,21,22,24,25). The molecular formula is C18H15N5S2. The van der Waals surface area contributed by atoms with Gasteiger partial charge in [0.2, 0.25) is 4.77 Å². The molecular weight excluding hydrogens is 350 g/mol. The highest BCUT2D eigenvalue weighted by Gasteiger charge is 2.29. The number of thiocarbonyl (C=S) groups is 1. The summed E-state index contributed by atoms with van der Waals surface area (Å²) >= 11 is 10.8. The van der Waals surface area contributed by atoms with E-state index in [2.05, 4.69) is 15.6 Å². The normalized spacial score (nSPS) is 15.8. The van der Waals surface area contributed by atoms with Gasteiger partial charge in [-0.15, -0.1) is 0 Å². The van der Waals surface area contributed by atoms with Crippen LogP contribution in [0, 0.1) is 4.77 Å². The number of benzene rings is 2. The van der Waals surface area contributed by atoms with Crippen molar-refractivity contribution in [3.63, 3.8) is 0 Å². The number of rotatable bonds is 2. The molecule has 5 nitrogen and oxygen atoms in total. The molecule has 0 saturated heterocycles. The zero-order valence-corrected chi connectivity index (χ0v) is 14.8. The highest BCUT2D eigenvalue weighted by molar-refractivity contribution is 7.80. The number of fused-ring (bicyclic) bond motifs is 1. The second kappa shape index (κ2) is 6.27. The minimum atomic E-state index is -0.192.